The van der Waals surface area contributed by atoms with Gasteiger partial charge >= 0.3 is 5.97 Å². The summed E-state index contributed by atoms with van der Waals surface area (Å²) in [5, 5.41) is 8.20. The summed E-state index contributed by atoms with van der Waals surface area (Å²) in [5.74, 6) is -1.61. The van der Waals surface area contributed by atoms with Gasteiger partial charge in [-0.25, -0.2) is 8.42 Å². The van der Waals surface area contributed by atoms with Crippen molar-refractivity contribution in [2.45, 2.75) is 31.4 Å². The molecule has 8 heteroatoms. The number of anilines is 1. The zero-order chi connectivity index (χ0) is 20.0. The molecule has 0 amide bonds. The van der Waals surface area contributed by atoms with E-state index >= 15 is 0 Å². The minimum absolute atomic E-state index is 0.0360. The van der Waals surface area contributed by atoms with Crippen molar-refractivity contribution in [1.82, 2.24) is 0 Å². The van der Waals surface area contributed by atoms with E-state index < -0.39 is 21.2 Å². The Balaban J connectivity index is 2.15. The minimum atomic E-state index is -4.09. The van der Waals surface area contributed by atoms with E-state index in [0.717, 1.165) is 0 Å². The Morgan fingerprint density at radius 2 is 1.56 bits per heavy atom. The van der Waals surface area contributed by atoms with E-state index in [-0.39, 0.29) is 17.9 Å². The third kappa shape index (κ3) is 5.55. The third-order valence-electron chi connectivity index (χ3n) is 3.98. The van der Waals surface area contributed by atoms with Gasteiger partial charge < -0.3 is 5.11 Å². The Morgan fingerprint density at radius 3 is 2.04 bits per heavy atom. The second-order valence-corrected chi connectivity index (χ2v) is 8.33. The van der Waals surface area contributed by atoms with Crippen LogP contribution in [0.3, 0.4) is 0 Å². The zero-order valence-electron chi connectivity index (χ0n) is 14.7. The van der Waals surface area contributed by atoms with Crippen LogP contribution in [0.5, 0.6) is 0 Å². The van der Waals surface area contributed by atoms with Crippen molar-refractivity contribution in [3.8, 4) is 0 Å². The number of carbonyl (C=O) groups is 2. The Hall–Kier alpha value is -2.38. The van der Waals surface area contributed by atoms with Crippen molar-refractivity contribution in [1.29, 1.82) is 0 Å². The van der Waals surface area contributed by atoms with Gasteiger partial charge in [0.15, 0.2) is 11.0 Å². The first-order chi connectivity index (χ1) is 12.7. The van der Waals surface area contributed by atoms with Crippen LogP contribution in [-0.4, -0.2) is 30.5 Å². The number of ketones is 1. The average Bonchev–Trinajstić information content (AvgIpc) is 2.62. The Morgan fingerprint density at radius 1 is 1.04 bits per heavy atom. The highest BCUT2D eigenvalue weighted by atomic mass is 35.5. The summed E-state index contributed by atoms with van der Waals surface area (Å²) >= 11 is 5.81. The first kappa shape index (κ1) is 20.9. The molecule has 0 aliphatic carbocycles. The highest BCUT2D eigenvalue weighted by Crippen LogP contribution is 2.19. The molecule has 0 radical (unpaired) electrons. The van der Waals surface area contributed by atoms with Gasteiger partial charge in [0.2, 0.25) is 10.0 Å². The number of carboxylic acid groups (broad SMARTS) is 1. The Labute approximate surface area is 163 Å². The Kier molecular flexibility index (Phi) is 6.98. The van der Waals surface area contributed by atoms with E-state index in [1.165, 1.54) is 24.3 Å². The van der Waals surface area contributed by atoms with Crippen molar-refractivity contribution >= 4 is 39.1 Å². The van der Waals surface area contributed by atoms with E-state index in [0.29, 0.717) is 29.0 Å². The summed E-state index contributed by atoms with van der Waals surface area (Å²) in [6, 6.07) is 12.3. The molecule has 0 bridgehead atoms. The Bertz CT molecular complexity index is 908. The molecular weight excluding hydrogens is 390 g/mol. The van der Waals surface area contributed by atoms with Gasteiger partial charge in [-0.1, -0.05) is 31.4 Å². The second-order valence-electron chi connectivity index (χ2n) is 6.03. The normalized spacial score (nSPS) is 12.4. The predicted octanol–water partition coefficient (Wildman–Crippen LogP) is 3.96. The summed E-state index contributed by atoms with van der Waals surface area (Å²) in [6.45, 7) is 1.86. The molecule has 144 valence electrons. The molecule has 0 aromatic heterocycles. The van der Waals surface area contributed by atoms with Gasteiger partial charge in [0, 0.05) is 21.8 Å². The lowest BCUT2D eigenvalue weighted by atomic mass is 10.0. The van der Waals surface area contributed by atoms with Crippen LogP contribution >= 0.6 is 11.6 Å². The predicted molar refractivity (Wildman–Crippen MR) is 105 cm³/mol. The van der Waals surface area contributed by atoms with Crippen LogP contribution in [0.15, 0.2) is 48.5 Å². The first-order valence-electron chi connectivity index (χ1n) is 8.39. The molecule has 0 fully saturated rings. The fourth-order valence-electron chi connectivity index (χ4n) is 2.49. The highest BCUT2D eigenvalue weighted by Gasteiger charge is 2.31. The number of benzene rings is 2. The summed E-state index contributed by atoms with van der Waals surface area (Å²) in [6.07, 6.45) is 1.22. The lowest BCUT2D eigenvalue weighted by molar-refractivity contribution is -0.136. The van der Waals surface area contributed by atoms with Gasteiger partial charge in [-0.15, -0.1) is 0 Å². The van der Waals surface area contributed by atoms with Crippen molar-refractivity contribution in [2.75, 3.05) is 4.72 Å². The number of sulfonamides is 1. The molecule has 27 heavy (non-hydrogen) atoms. The van der Waals surface area contributed by atoms with Crippen LogP contribution in [0.25, 0.3) is 0 Å². The number of carbonyl (C=O) groups excluding carboxylic acids is 1. The molecule has 0 aliphatic heterocycles. The van der Waals surface area contributed by atoms with Gasteiger partial charge in [0.25, 0.3) is 0 Å². The number of nitrogens with one attached hydrogen (secondary N) is 1. The maximum Gasteiger partial charge on any atom is 0.323 e. The standard InChI is InChI=1S/C19H20ClNO5S/c1-2-3-4-17(19(23)24)27(25,26)21-16-11-7-14(8-12-16)18(22)13-5-9-15(20)10-6-13/h5-12,17,21H,2-4H2,1H3,(H,23,24). The van der Waals surface area contributed by atoms with Gasteiger partial charge in [-0.3, -0.25) is 14.3 Å². The molecule has 0 saturated carbocycles. The number of aliphatic carboxylic acids is 1. The molecule has 0 spiro atoms. The fraction of sp³-hybridized carbons (Fsp3) is 0.263. The van der Waals surface area contributed by atoms with Gasteiger partial charge in [0.05, 0.1) is 0 Å². The lowest BCUT2D eigenvalue weighted by Crippen LogP contribution is -2.34. The maximum atomic E-state index is 12.4. The number of carboxylic acids is 1. The lowest BCUT2D eigenvalue weighted by Gasteiger charge is -2.15. The molecule has 6 nitrogen and oxygen atoms in total. The number of halogens is 1. The average molecular weight is 410 g/mol. The summed E-state index contributed by atoms with van der Waals surface area (Å²) in [7, 11) is -4.09. The molecule has 1 atom stereocenters. The molecule has 2 aromatic rings. The van der Waals surface area contributed by atoms with E-state index in [2.05, 4.69) is 4.72 Å². The summed E-state index contributed by atoms with van der Waals surface area (Å²) in [5.41, 5.74) is 1.03. The maximum absolute atomic E-state index is 12.4. The number of hydrogen-bond donors (Lipinski definition) is 2. The SMILES string of the molecule is CCCCC(C(=O)O)S(=O)(=O)Nc1ccc(C(=O)c2ccc(Cl)cc2)cc1. The molecule has 2 rings (SSSR count). The van der Waals surface area contributed by atoms with Crippen LogP contribution < -0.4 is 4.72 Å². The smallest absolute Gasteiger partial charge is 0.323 e. The van der Waals surface area contributed by atoms with Gasteiger partial charge in [-0.05, 0) is 55.0 Å². The minimum Gasteiger partial charge on any atom is -0.480 e. The molecule has 0 heterocycles. The quantitative estimate of drug-likeness (QED) is 0.610. The van der Waals surface area contributed by atoms with Crippen molar-refractivity contribution in [2.24, 2.45) is 0 Å². The van der Waals surface area contributed by atoms with Crippen molar-refractivity contribution in [3.05, 3.63) is 64.7 Å². The van der Waals surface area contributed by atoms with Crippen LogP contribution in [0, 0.1) is 0 Å². The monoisotopic (exact) mass is 409 g/mol. The number of hydrogen-bond acceptors (Lipinski definition) is 4. The van der Waals surface area contributed by atoms with E-state index in [1.54, 1.807) is 24.3 Å². The molecular formula is C19H20ClNO5S. The van der Waals surface area contributed by atoms with E-state index in [9.17, 15) is 23.1 Å². The summed E-state index contributed by atoms with van der Waals surface area (Å²) in [4.78, 5) is 23.7. The number of unbranched alkanes of at least 4 members (excludes halogenated alkanes) is 1. The van der Waals surface area contributed by atoms with Gasteiger partial charge in [-0.2, -0.15) is 0 Å². The van der Waals surface area contributed by atoms with Crippen LogP contribution in [-0.2, 0) is 14.8 Å². The van der Waals surface area contributed by atoms with Crippen LogP contribution in [0.1, 0.15) is 42.1 Å². The van der Waals surface area contributed by atoms with Gasteiger partial charge in [0.1, 0.15) is 0 Å². The topological polar surface area (TPSA) is 101 Å². The molecule has 2 N–H and O–H groups in total. The van der Waals surface area contributed by atoms with E-state index in [1.807, 2.05) is 6.92 Å². The molecule has 0 saturated heterocycles. The first-order valence-corrected chi connectivity index (χ1v) is 10.3. The van der Waals surface area contributed by atoms with Crippen molar-refractivity contribution < 1.29 is 23.1 Å². The fourth-order valence-corrected chi connectivity index (χ4v) is 3.97. The molecule has 0 aliphatic rings. The molecule has 1 unspecified atom stereocenters. The largest absolute Gasteiger partial charge is 0.480 e. The van der Waals surface area contributed by atoms with Crippen LogP contribution in [0.2, 0.25) is 5.02 Å². The highest BCUT2D eigenvalue weighted by molar-refractivity contribution is 7.94. The van der Waals surface area contributed by atoms with Crippen LogP contribution in [0.4, 0.5) is 5.69 Å². The van der Waals surface area contributed by atoms with Crippen molar-refractivity contribution in [3.63, 3.8) is 0 Å². The second kappa shape index (κ2) is 9.01. The third-order valence-corrected chi connectivity index (χ3v) is 5.94. The zero-order valence-corrected chi connectivity index (χ0v) is 16.3. The number of rotatable bonds is 9. The van der Waals surface area contributed by atoms with E-state index in [4.69, 9.17) is 11.6 Å². The summed E-state index contributed by atoms with van der Waals surface area (Å²) < 4.78 is 27.0. The molecule has 2 aromatic carbocycles.